The lowest BCUT2D eigenvalue weighted by molar-refractivity contribution is 0.270. The summed E-state index contributed by atoms with van der Waals surface area (Å²) in [5.74, 6) is 0. The molecule has 0 aromatic heterocycles. The van der Waals surface area contributed by atoms with E-state index >= 15 is 0 Å². The van der Waals surface area contributed by atoms with Crippen molar-refractivity contribution in [1.29, 1.82) is 0 Å². The third-order valence-corrected chi connectivity index (χ3v) is 37.0. The van der Waals surface area contributed by atoms with Gasteiger partial charge in [0.25, 0.3) is 0 Å². The molecule has 0 bridgehead atoms. The van der Waals surface area contributed by atoms with Crippen LogP contribution in [-0.4, -0.2) is 37.7 Å². The van der Waals surface area contributed by atoms with E-state index in [1.165, 1.54) is 0 Å². The van der Waals surface area contributed by atoms with E-state index in [1.54, 1.807) is 14.2 Å². The molecule has 74 valence electrons. The van der Waals surface area contributed by atoms with Gasteiger partial charge in [0.15, 0.2) is 0 Å². The highest BCUT2D eigenvalue weighted by molar-refractivity contribution is 7.61. The Labute approximate surface area is 79.7 Å². The lowest BCUT2D eigenvalue weighted by Crippen LogP contribution is -2.67. The summed E-state index contributed by atoms with van der Waals surface area (Å²) in [5, 5.41) is 0. The third-order valence-electron chi connectivity index (χ3n) is 3.39. The predicted octanol–water partition coefficient (Wildman–Crippen LogP) is 1.70. The summed E-state index contributed by atoms with van der Waals surface area (Å²) in [7, 11) is 0.0359. The molecule has 0 saturated heterocycles. The fourth-order valence-electron chi connectivity index (χ4n) is 1.13. The topological polar surface area (TPSA) is 18.5 Å². The van der Waals surface area contributed by atoms with Crippen LogP contribution in [0.1, 0.15) is 0 Å². The largest absolute Gasteiger partial charge is 0.400 e. The van der Waals surface area contributed by atoms with Gasteiger partial charge in [-0.2, -0.15) is 0 Å². The maximum Gasteiger partial charge on any atom is 0.309 e. The second-order valence-electron chi connectivity index (χ2n) is 4.23. The molecule has 0 fully saturated rings. The van der Waals surface area contributed by atoms with E-state index in [1.807, 2.05) is 0 Å². The van der Waals surface area contributed by atoms with E-state index < -0.39 is 23.5 Å². The molecule has 0 unspecified atom stereocenters. The fraction of sp³-hybridized carbons (Fsp3) is 1.00. The number of rotatable bonds is 4. The average molecular weight is 223 g/mol. The smallest absolute Gasteiger partial charge is 0.309 e. The zero-order valence-electron chi connectivity index (χ0n) is 9.39. The van der Waals surface area contributed by atoms with Crippen LogP contribution >= 0.6 is 0 Å². The molecule has 0 aliphatic carbocycles. The van der Waals surface area contributed by atoms with E-state index in [0.717, 1.165) is 0 Å². The molecule has 12 heavy (non-hydrogen) atoms. The van der Waals surface area contributed by atoms with Gasteiger partial charge >= 0.3 is 8.08 Å². The van der Waals surface area contributed by atoms with E-state index in [0.29, 0.717) is 0 Å². The third kappa shape index (κ3) is 2.08. The molecule has 0 aromatic carbocycles. The summed E-state index contributed by atoms with van der Waals surface area (Å²) in [6, 6.07) is 0. The number of hydrogen-bond donors (Lipinski definition) is 0. The lowest BCUT2D eigenvalue weighted by Gasteiger charge is -2.39. The van der Waals surface area contributed by atoms with Gasteiger partial charge in [0.2, 0.25) is 0 Å². The maximum atomic E-state index is 5.63. The van der Waals surface area contributed by atoms with Gasteiger partial charge in [-0.15, -0.1) is 0 Å². The lowest BCUT2D eigenvalue weighted by atomic mass is 11.8. The van der Waals surface area contributed by atoms with E-state index in [2.05, 4.69) is 32.7 Å². The first-order valence-corrected chi connectivity index (χ1v) is 14.9. The molecule has 0 amide bonds. The Kier molecular flexibility index (Phi) is 4.39. The van der Waals surface area contributed by atoms with Crippen molar-refractivity contribution >= 4 is 23.5 Å². The van der Waals surface area contributed by atoms with Gasteiger partial charge < -0.3 is 8.85 Å². The predicted molar refractivity (Wildman–Crippen MR) is 62.0 cm³/mol. The molecule has 0 atom stereocenters. The van der Waals surface area contributed by atoms with Crippen LogP contribution in [0.2, 0.25) is 32.7 Å². The molecule has 0 heterocycles. The zero-order valence-corrected chi connectivity index (χ0v) is 12.5. The summed E-state index contributed by atoms with van der Waals surface area (Å²) in [4.78, 5) is 0. The normalized spacial score (nSPS) is 14.0. The van der Waals surface area contributed by atoms with Crippen molar-refractivity contribution in [2.75, 3.05) is 14.2 Å². The Bertz CT molecular complexity index is 141. The van der Waals surface area contributed by atoms with Crippen LogP contribution in [0.4, 0.5) is 0 Å². The molecule has 0 aromatic rings. The molecule has 0 aliphatic rings. The molecule has 0 spiro atoms. The first-order valence-electron chi connectivity index (χ1n) is 4.42. The van der Waals surface area contributed by atoms with E-state index in [9.17, 15) is 0 Å². The molecule has 2 nitrogen and oxygen atoms in total. The van der Waals surface area contributed by atoms with E-state index in [-0.39, 0.29) is 0 Å². The Hall–Kier alpha value is 0.571. The summed E-state index contributed by atoms with van der Waals surface area (Å²) in [6.45, 7) is 11.9. The van der Waals surface area contributed by atoms with Gasteiger partial charge in [-0.25, -0.2) is 0 Å². The van der Waals surface area contributed by atoms with Crippen molar-refractivity contribution in [3.63, 3.8) is 0 Å². The summed E-state index contributed by atoms with van der Waals surface area (Å²) in [6.07, 6.45) is 0. The Balaban J connectivity index is 4.70. The molecule has 5 heteroatoms. The Morgan fingerprint density at radius 3 is 1.33 bits per heavy atom. The minimum absolute atomic E-state index is 0.589. The molecule has 0 saturated carbocycles. The van der Waals surface area contributed by atoms with Crippen molar-refractivity contribution in [3.05, 3.63) is 0 Å². The zero-order chi connectivity index (χ0) is 9.99. The van der Waals surface area contributed by atoms with Gasteiger partial charge in [-0.1, -0.05) is 26.2 Å². The van der Waals surface area contributed by atoms with Crippen molar-refractivity contribution in [1.82, 2.24) is 0 Å². The van der Waals surface area contributed by atoms with Crippen LogP contribution in [0.3, 0.4) is 0 Å². The molecular weight excluding hydrogens is 200 g/mol. The summed E-state index contributed by atoms with van der Waals surface area (Å²) < 4.78 is 11.3. The second kappa shape index (κ2) is 4.19. The highest BCUT2D eigenvalue weighted by Crippen LogP contribution is 2.22. The van der Waals surface area contributed by atoms with Crippen LogP contribution < -0.4 is 0 Å². The van der Waals surface area contributed by atoms with Crippen molar-refractivity contribution in [2.45, 2.75) is 32.7 Å². The van der Waals surface area contributed by atoms with E-state index in [4.69, 9.17) is 8.85 Å². The van der Waals surface area contributed by atoms with Gasteiger partial charge in [0.05, 0.1) is 7.11 Å². The molecule has 0 radical (unpaired) electrons. The maximum absolute atomic E-state index is 5.63. The van der Waals surface area contributed by atoms with Gasteiger partial charge in [-0.05, 0) is 6.55 Å². The van der Waals surface area contributed by atoms with Crippen molar-refractivity contribution in [2.24, 2.45) is 0 Å². The number of hydrogen-bond acceptors (Lipinski definition) is 2. The quantitative estimate of drug-likeness (QED) is 0.674. The molecule has 0 N–H and O–H groups in total. The Morgan fingerprint density at radius 1 is 0.917 bits per heavy atom. The van der Waals surface area contributed by atoms with Crippen molar-refractivity contribution < 1.29 is 8.85 Å². The minimum atomic E-state index is -1.79. The minimum Gasteiger partial charge on any atom is -0.400 e. The molecule has 0 rings (SSSR count). The van der Waals surface area contributed by atoms with Crippen LogP contribution in [0, 0.1) is 0 Å². The van der Waals surface area contributed by atoms with Crippen LogP contribution in [0.25, 0.3) is 0 Å². The van der Waals surface area contributed by atoms with Crippen LogP contribution in [0.15, 0.2) is 0 Å². The Morgan fingerprint density at radius 2 is 1.25 bits per heavy atom. The van der Waals surface area contributed by atoms with Crippen molar-refractivity contribution in [3.8, 4) is 0 Å². The van der Waals surface area contributed by atoms with Gasteiger partial charge in [-0.3, -0.25) is 0 Å². The summed E-state index contributed by atoms with van der Waals surface area (Å²) >= 11 is 0. The second-order valence-corrected chi connectivity index (χ2v) is 28.8. The molecular formula is C7H22O2Si3. The van der Waals surface area contributed by atoms with Gasteiger partial charge in [0, 0.05) is 22.5 Å². The first-order chi connectivity index (χ1) is 5.31. The average Bonchev–Trinajstić information content (AvgIpc) is 2.02. The standard InChI is InChI=1S/C7H22O2Si3/c1-8-12(7,9-2)11(5,6)10(3)4/h10H,1-7H3. The first kappa shape index (κ1) is 12.6. The SMILES string of the molecule is CO[Si](C)(OC)[Si](C)(C)[SiH](C)C. The van der Waals surface area contributed by atoms with Crippen LogP contribution in [0.5, 0.6) is 0 Å². The van der Waals surface area contributed by atoms with Crippen LogP contribution in [-0.2, 0) is 8.85 Å². The highest BCUT2D eigenvalue weighted by atomic mass is 29.6. The van der Waals surface area contributed by atoms with Gasteiger partial charge in [0.1, 0.15) is 0 Å². The summed E-state index contributed by atoms with van der Waals surface area (Å²) in [5.41, 5.74) is 0. The monoisotopic (exact) mass is 222 g/mol. The molecule has 0 aliphatic heterocycles. The highest BCUT2D eigenvalue weighted by Gasteiger charge is 2.50. The fourth-order valence-corrected chi connectivity index (χ4v) is 21.3.